The Kier molecular flexibility index (Phi) is 5.83. The molecule has 0 bridgehead atoms. The Balaban J connectivity index is 1.48. The third kappa shape index (κ3) is 3.96. The van der Waals surface area contributed by atoms with Gasteiger partial charge in [-0.2, -0.15) is 4.98 Å². The van der Waals surface area contributed by atoms with Crippen LogP contribution >= 0.6 is 11.3 Å². The van der Waals surface area contributed by atoms with Crippen LogP contribution in [0.3, 0.4) is 0 Å². The van der Waals surface area contributed by atoms with E-state index in [9.17, 15) is 0 Å². The number of ether oxygens (including phenoxy) is 2. The molecule has 0 N–H and O–H groups in total. The highest BCUT2D eigenvalue weighted by Crippen LogP contribution is 2.38. The molecule has 1 fully saturated rings. The molecule has 1 saturated heterocycles. The number of anilines is 2. The summed E-state index contributed by atoms with van der Waals surface area (Å²) >= 11 is 1.65. The Morgan fingerprint density at radius 3 is 2.47 bits per heavy atom. The maximum absolute atomic E-state index is 5.33. The third-order valence-corrected chi connectivity index (χ3v) is 6.40. The lowest BCUT2D eigenvalue weighted by Crippen LogP contribution is -2.47. The van der Waals surface area contributed by atoms with E-state index in [0.29, 0.717) is 18.3 Å². The number of hydrogen-bond acceptors (Lipinski definition) is 9. The summed E-state index contributed by atoms with van der Waals surface area (Å²) in [7, 11) is 3.28. The molecule has 0 aliphatic carbocycles. The number of hydrogen-bond donors (Lipinski definition) is 0. The molecule has 1 aliphatic rings. The number of thiophene rings is 1. The van der Waals surface area contributed by atoms with Gasteiger partial charge in [-0.25, -0.2) is 9.97 Å². The average Bonchev–Trinajstić information content (AvgIpc) is 3.28. The van der Waals surface area contributed by atoms with Crippen LogP contribution in [0.1, 0.15) is 5.82 Å². The van der Waals surface area contributed by atoms with Gasteiger partial charge in [0.2, 0.25) is 5.88 Å². The summed E-state index contributed by atoms with van der Waals surface area (Å²) in [5.74, 6) is 3.03. The van der Waals surface area contributed by atoms with Crippen LogP contribution in [0.4, 0.5) is 11.6 Å². The molecule has 0 radical (unpaired) electrons. The normalized spacial score (nSPS) is 14.2. The number of nitrogens with zero attached hydrogens (tertiary/aromatic N) is 6. The highest BCUT2D eigenvalue weighted by molar-refractivity contribution is 7.17. The second kappa shape index (κ2) is 9.05. The summed E-state index contributed by atoms with van der Waals surface area (Å²) in [6.45, 7) is 3.67. The fourth-order valence-corrected chi connectivity index (χ4v) is 4.92. The molecule has 0 spiro atoms. The number of aromatic nitrogens is 4. The van der Waals surface area contributed by atoms with Crippen molar-refractivity contribution in [3.63, 3.8) is 0 Å². The number of benzene rings is 1. The quantitative estimate of drug-likeness (QED) is 0.443. The number of methoxy groups -OCH3 is 2. The SMILES string of the molecule is COCc1nc(N2CCN(c3cncc(OC)n3)CC2)c2c(-c3ccccc3)csc2n1. The van der Waals surface area contributed by atoms with Crippen molar-refractivity contribution >= 4 is 33.2 Å². The summed E-state index contributed by atoms with van der Waals surface area (Å²) in [6.07, 6.45) is 3.40. The van der Waals surface area contributed by atoms with E-state index in [1.807, 2.05) is 6.07 Å². The summed E-state index contributed by atoms with van der Waals surface area (Å²) in [4.78, 5) is 24.0. The Morgan fingerprint density at radius 2 is 1.72 bits per heavy atom. The van der Waals surface area contributed by atoms with E-state index >= 15 is 0 Å². The molecule has 0 saturated carbocycles. The molecule has 0 amide bonds. The van der Waals surface area contributed by atoms with E-state index in [1.165, 1.54) is 11.1 Å². The van der Waals surface area contributed by atoms with E-state index in [2.05, 4.69) is 49.4 Å². The van der Waals surface area contributed by atoms with Crippen molar-refractivity contribution in [3.05, 3.63) is 53.9 Å². The topological polar surface area (TPSA) is 76.5 Å². The lowest BCUT2D eigenvalue weighted by molar-refractivity contribution is 0.178. The van der Waals surface area contributed by atoms with Gasteiger partial charge in [0, 0.05) is 44.2 Å². The maximum Gasteiger partial charge on any atom is 0.233 e. The molecule has 0 unspecified atom stereocenters. The van der Waals surface area contributed by atoms with Gasteiger partial charge >= 0.3 is 0 Å². The van der Waals surface area contributed by atoms with Crippen molar-refractivity contribution in [2.24, 2.45) is 0 Å². The van der Waals surface area contributed by atoms with Gasteiger partial charge in [0.05, 0.1) is 24.9 Å². The van der Waals surface area contributed by atoms with Gasteiger partial charge in [-0.15, -0.1) is 11.3 Å². The van der Waals surface area contributed by atoms with Crippen molar-refractivity contribution in [2.45, 2.75) is 6.61 Å². The first-order valence-electron chi connectivity index (χ1n) is 10.4. The fourth-order valence-electron chi connectivity index (χ4n) is 3.96. The summed E-state index contributed by atoms with van der Waals surface area (Å²) in [5.41, 5.74) is 2.35. The van der Waals surface area contributed by atoms with E-state index in [0.717, 1.165) is 48.0 Å². The second-order valence-corrected chi connectivity index (χ2v) is 8.34. The minimum atomic E-state index is 0.390. The Bertz CT molecular complexity index is 1210. The molecule has 0 atom stereocenters. The van der Waals surface area contributed by atoms with Gasteiger partial charge in [-0.1, -0.05) is 30.3 Å². The van der Waals surface area contributed by atoms with Crippen LogP contribution in [-0.4, -0.2) is 60.3 Å². The number of piperazine rings is 1. The largest absolute Gasteiger partial charge is 0.480 e. The zero-order chi connectivity index (χ0) is 21.9. The minimum Gasteiger partial charge on any atom is -0.480 e. The molecule has 3 aromatic heterocycles. The zero-order valence-electron chi connectivity index (χ0n) is 18.1. The van der Waals surface area contributed by atoms with Crippen LogP contribution in [-0.2, 0) is 11.3 Å². The van der Waals surface area contributed by atoms with Crippen LogP contribution in [0, 0.1) is 0 Å². The van der Waals surface area contributed by atoms with Crippen molar-refractivity contribution in [1.82, 2.24) is 19.9 Å². The van der Waals surface area contributed by atoms with E-state index in [1.54, 1.807) is 38.0 Å². The van der Waals surface area contributed by atoms with Crippen LogP contribution in [0.15, 0.2) is 48.1 Å². The van der Waals surface area contributed by atoms with Crippen molar-refractivity contribution in [3.8, 4) is 17.0 Å². The van der Waals surface area contributed by atoms with Gasteiger partial charge < -0.3 is 19.3 Å². The van der Waals surface area contributed by atoms with Gasteiger partial charge in [0.25, 0.3) is 0 Å². The number of rotatable bonds is 6. The lowest BCUT2D eigenvalue weighted by atomic mass is 10.1. The summed E-state index contributed by atoms with van der Waals surface area (Å²) in [6, 6.07) is 10.4. The molecular formula is C23H24N6O2S. The lowest BCUT2D eigenvalue weighted by Gasteiger charge is -2.36. The molecule has 8 nitrogen and oxygen atoms in total. The molecule has 5 rings (SSSR count). The highest BCUT2D eigenvalue weighted by atomic mass is 32.1. The van der Waals surface area contributed by atoms with Gasteiger partial charge in [0.1, 0.15) is 17.3 Å². The van der Waals surface area contributed by atoms with Crippen LogP contribution in [0.25, 0.3) is 21.3 Å². The first kappa shape index (κ1) is 20.6. The third-order valence-electron chi connectivity index (χ3n) is 5.53. The van der Waals surface area contributed by atoms with Crippen molar-refractivity contribution in [1.29, 1.82) is 0 Å². The predicted octanol–water partition coefficient (Wildman–Crippen LogP) is 3.63. The standard InChI is InChI=1S/C23H24N6O2S/c1-30-14-18-25-22(21-17(15-32-23(21)26-18)16-6-4-3-5-7-16)29-10-8-28(9-11-29)19-12-24-13-20(27-19)31-2/h3-7,12-13,15H,8-11,14H2,1-2H3. The molecule has 4 heterocycles. The van der Waals surface area contributed by atoms with Crippen molar-refractivity contribution in [2.75, 3.05) is 50.2 Å². The Morgan fingerprint density at radius 1 is 0.938 bits per heavy atom. The number of fused-ring (bicyclic) bond motifs is 1. The summed E-state index contributed by atoms with van der Waals surface area (Å²) < 4.78 is 10.6. The van der Waals surface area contributed by atoms with Crippen LogP contribution in [0.2, 0.25) is 0 Å². The first-order valence-corrected chi connectivity index (χ1v) is 11.3. The molecule has 32 heavy (non-hydrogen) atoms. The van der Waals surface area contributed by atoms with Gasteiger partial charge in [0.15, 0.2) is 11.6 Å². The maximum atomic E-state index is 5.33. The molecule has 9 heteroatoms. The molecule has 1 aromatic carbocycles. The van der Waals surface area contributed by atoms with Crippen molar-refractivity contribution < 1.29 is 9.47 Å². The Labute approximate surface area is 190 Å². The minimum absolute atomic E-state index is 0.390. The Hall–Kier alpha value is -3.30. The van der Waals surface area contributed by atoms with E-state index in [4.69, 9.17) is 19.4 Å². The smallest absolute Gasteiger partial charge is 0.233 e. The monoisotopic (exact) mass is 448 g/mol. The highest BCUT2D eigenvalue weighted by Gasteiger charge is 2.24. The molecular weight excluding hydrogens is 424 g/mol. The molecule has 4 aromatic rings. The van der Waals surface area contributed by atoms with Crippen LogP contribution < -0.4 is 14.5 Å². The molecule has 164 valence electrons. The summed E-state index contributed by atoms with van der Waals surface area (Å²) in [5, 5.41) is 3.28. The van der Waals surface area contributed by atoms with E-state index < -0.39 is 0 Å². The van der Waals surface area contributed by atoms with Gasteiger partial charge in [-0.3, -0.25) is 4.98 Å². The fraction of sp³-hybridized carbons (Fsp3) is 0.304. The second-order valence-electron chi connectivity index (χ2n) is 7.49. The van der Waals surface area contributed by atoms with Gasteiger partial charge in [-0.05, 0) is 5.56 Å². The zero-order valence-corrected chi connectivity index (χ0v) is 18.9. The van der Waals surface area contributed by atoms with E-state index in [-0.39, 0.29) is 0 Å². The van der Waals surface area contributed by atoms with Crippen LogP contribution in [0.5, 0.6) is 5.88 Å². The predicted molar refractivity (Wildman–Crippen MR) is 127 cm³/mol. The average molecular weight is 449 g/mol. The first-order chi connectivity index (χ1) is 15.8. The molecule has 1 aliphatic heterocycles.